The van der Waals surface area contributed by atoms with Gasteiger partial charge in [-0.3, -0.25) is 0 Å². The minimum atomic E-state index is 0.167. The van der Waals surface area contributed by atoms with Crippen LogP contribution in [0.3, 0.4) is 0 Å². The standard InChI is InChI=1S/C14H24BrNS/c1-9(8-14(3,4)5)6-12(16)13-11(15)7-10(2)17-13/h7,9,12H,6,8,16H2,1-5H3. The van der Waals surface area contributed by atoms with Gasteiger partial charge in [0.05, 0.1) is 0 Å². The van der Waals surface area contributed by atoms with Gasteiger partial charge in [-0.2, -0.15) is 0 Å². The number of hydrogen-bond acceptors (Lipinski definition) is 2. The Balaban J connectivity index is 2.60. The lowest BCUT2D eigenvalue weighted by Gasteiger charge is -2.25. The van der Waals surface area contributed by atoms with Crippen LogP contribution < -0.4 is 5.73 Å². The zero-order chi connectivity index (χ0) is 13.2. The third-order valence-electron chi connectivity index (χ3n) is 2.79. The summed E-state index contributed by atoms with van der Waals surface area (Å²) in [4.78, 5) is 2.62. The minimum absolute atomic E-state index is 0.167. The third-order valence-corrected chi connectivity index (χ3v) is 4.89. The zero-order valence-electron chi connectivity index (χ0n) is 11.5. The average Bonchev–Trinajstić information content (AvgIpc) is 2.41. The van der Waals surface area contributed by atoms with Gasteiger partial charge in [-0.05, 0) is 53.1 Å². The SMILES string of the molecule is Cc1cc(Br)c(C(N)CC(C)CC(C)(C)C)s1. The maximum atomic E-state index is 6.31. The summed E-state index contributed by atoms with van der Waals surface area (Å²) in [6.07, 6.45) is 2.29. The van der Waals surface area contributed by atoms with Gasteiger partial charge in [-0.1, -0.05) is 27.7 Å². The van der Waals surface area contributed by atoms with E-state index in [0.717, 1.165) is 6.42 Å². The Morgan fingerprint density at radius 1 is 1.41 bits per heavy atom. The molecule has 0 fully saturated rings. The lowest BCUT2D eigenvalue weighted by atomic mass is 9.83. The van der Waals surface area contributed by atoms with Crippen molar-refractivity contribution < 1.29 is 0 Å². The molecule has 1 rings (SSSR count). The second-order valence-electron chi connectivity index (χ2n) is 6.28. The van der Waals surface area contributed by atoms with Crippen LogP contribution in [-0.4, -0.2) is 0 Å². The van der Waals surface area contributed by atoms with Gasteiger partial charge in [0.1, 0.15) is 0 Å². The highest BCUT2D eigenvalue weighted by molar-refractivity contribution is 9.10. The number of halogens is 1. The molecule has 0 saturated heterocycles. The van der Waals surface area contributed by atoms with Crippen LogP contribution in [0.4, 0.5) is 0 Å². The van der Waals surface area contributed by atoms with Crippen molar-refractivity contribution in [3.05, 3.63) is 20.3 Å². The summed E-state index contributed by atoms with van der Waals surface area (Å²) < 4.78 is 1.18. The van der Waals surface area contributed by atoms with E-state index in [9.17, 15) is 0 Å². The summed E-state index contributed by atoms with van der Waals surface area (Å²) in [7, 11) is 0. The molecule has 0 aliphatic heterocycles. The summed E-state index contributed by atoms with van der Waals surface area (Å²) in [5.74, 6) is 0.666. The van der Waals surface area contributed by atoms with E-state index in [2.05, 4.69) is 56.6 Å². The molecule has 1 aromatic heterocycles. The lowest BCUT2D eigenvalue weighted by molar-refractivity contribution is 0.287. The second-order valence-corrected chi connectivity index (χ2v) is 8.42. The summed E-state index contributed by atoms with van der Waals surface area (Å²) in [6.45, 7) is 11.3. The highest BCUT2D eigenvalue weighted by Crippen LogP contribution is 2.36. The first-order valence-corrected chi connectivity index (χ1v) is 7.81. The molecule has 3 heteroatoms. The van der Waals surface area contributed by atoms with Gasteiger partial charge in [0.25, 0.3) is 0 Å². The van der Waals surface area contributed by atoms with Gasteiger partial charge in [0.15, 0.2) is 0 Å². The van der Waals surface area contributed by atoms with Crippen LogP contribution in [0.1, 0.15) is 56.3 Å². The first kappa shape index (κ1) is 15.2. The van der Waals surface area contributed by atoms with Crippen molar-refractivity contribution in [2.45, 2.75) is 53.5 Å². The maximum Gasteiger partial charge on any atom is 0.0403 e. The maximum absolute atomic E-state index is 6.31. The van der Waals surface area contributed by atoms with Crippen LogP contribution in [0.2, 0.25) is 0 Å². The molecule has 0 bridgehead atoms. The van der Waals surface area contributed by atoms with Crippen LogP contribution in [0, 0.1) is 18.3 Å². The molecule has 0 amide bonds. The predicted molar refractivity (Wildman–Crippen MR) is 81.5 cm³/mol. The van der Waals surface area contributed by atoms with E-state index in [1.54, 1.807) is 0 Å². The Kier molecular flexibility index (Phi) is 5.23. The molecule has 0 saturated carbocycles. The van der Waals surface area contributed by atoms with Crippen LogP contribution in [0.5, 0.6) is 0 Å². The Labute approximate surface area is 118 Å². The van der Waals surface area contributed by atoms with Gasteiger partial charge in [0, 0.05) is 20.3 Å². The summed E-state index contributed by atoms with van der Waals surface area (Å²) in [6, 6.07) is 2.33. The fraction of sp³-hybridized carbons (Fsp3) is 0.714. The number of rotatable bonds is 4. The molecule has 0 radical (unpaired) electrons. The van der Waals surface area contributed by atoms with Crippen molar-refractivity contribution in [2.75, 3.05) is 0 Å². The molecule has 1 aromatic rings. The third kappa shape index (κ3) is 5.11. The molecule has 2 N–H and O–H groups in total. The quantitative estimate of drug-likeness (QED) is 0.803. The zero-order valence-corrected chi connectivity index (χ0v) is 13.9. The van der Waals surface area contributed by atoms with E-state index in [0.29, 0.717) is 11.3 Å². The molecule has 2 unspecified atom stereocenters. The second kappa shape index (κ2) is 5.85. The van der Waals surface area contributed by atoms with Crippen LogP contribution in [-0.2, 0) is 0 Å². The molecule has 17 heavy (non-hydrogen) atoms. The van der Waals surface area contributed by atoms with E-state index in [4.69, 9.17) is 5.73 Å². The monoisotopic (exact) mass is 317 g/mol. The number of thiophene rings is 1. The van der Waals surface area contributed by atoms with Crippen LogP contribution >= 0.6 is 27.3 Å². The van der Waals surface area contributed by atoms with E-state index in [1.807, 2.05) is 11.3 Å². The topological polar surface area (TPSA) is 26.0 Å². The number of aryl methyl sites for hydroxylation is 1. The lowest BCUT2D eigenvalue weighted by Crippen LogP contribution is -2.17. The molecular weight excluding hydrogens is 294 g/mol. The molecule has 0 aliphatic rings. The first-order valence-electron chi connectivity index (χ1n) is 6.20. The van der Waals surface area contributed by atoms with E-state index < -0.39 is 0 Å². The highest BCUT2D eigenvalue weighted by Gasteiger charge is 2.20. The van der Waals surface area contributed by atoms with Gasteiger partial charge in [-0.25, -0.2) is 0 Å². The fourth-order valence-corrected chi connectivity index (χ4v) is 4.38. The van der Waals surface area contributed by atoms with Gasteiger partial charge in [0.2, 0.25) is 0 Å². The summed E-state index contributed by atoms with van der Waals surface area (Å²) >= 11 is 5.41. The van der Waals surface area contributed by atoms with Gasteiger partial charge in [-0.15, -0.1) is 11.3 Å². The highest BCUT2D eigenvalue weighted by atomic mass is 79.9. The smallest absolute Gasteiger partial charge is 0.0403 e. The Morgan fingerprint density at radius 3 is 2.41 bits per heavy atom. The molecule has 0 aliphatic carbocycles. The molecular formula is C14H24BrNS. The van der Waals surface area contributed by atoms with Crippen LogP contribution in [0.25, 0.3) is 0 Å². The molecule has 98 valence electrons. The van der Waals surface area contributed by atoms with Crippen molar-refractivity contribution in [3.8, 4) is 0 Å². The molecule has 2 atom stereocenters. The molecule has 1 heterocycles. The van der Waals surface area contributed by atoms with Gasteiger partial charge >= 0.3 is 0 Å². The largest absolute Gasteiger partial charge is 0.323 e. The number of nitrogens with two attached hydrogens (primary N) is 1. The van der Waals surface area contributed by atoms with Crippen molar-refractivity contribution in [1.29, 1.82) is 0 Å². The normalized spacial score (nSPS) is 15.9. The minimum Gasteiger partial charge on any atom is -0.323 e. The molecule has 1 nitrogen and oxygen atoms in total. The predicted octanol–water partition coefficient (Wildman–Crippen LogP) is 5.28. The Morgan fingerprint density at radius 2 is 2.00 bits per heavy atom. The van der Waals surface area contributed by atoms with Crippen molar-refractivity contribution in [3.63, 3.8) is 0 Å². The Hall–Kier alpha value is 0.140. The van der Waals surface area contributed by atoms with E-state index in [-0.39, 0.29) is 6.04 Å². The average molecular weight is 318 g/mol. The number of hydrogen-bond donors (Lipinski definition) is 1. The summed E-state index contributed by atoms with van der Waals surface area (Å²) in [5, 5.41) is 0. The van der Waals surface area contributed by atoms with E-state index in [1.165, 1.54) is 20.6 Å². The van der Waals surface area contributed by atoms with Crippen molar-refractivity contribution in [2.24, 2.45) is 17.1 Å². The van der Waals surface area contributed by atoms with E-state index >= 15 is 0 Å². The van der Waals surface area contributed by atoms with Crippen molar-refractivity contribution in [1.82, 2.24) is 0 Å². The van der Waals surface area contributed by atoms with Crippen molar-refractivity contribution >= 4 is 27.3 Å². The van der Waals surface area contributed by atoms with Crippen LogP contribution in [0.15, 0.2) is 10.5 Å². The Bertz CT molecular complexity index is 365. The fourth-order valence-electron chi connectivity index (χ4n) is 2.42. The van der Waals surface area contributed by atoms with Gasteiger partial charge < -0.3 is 5.73 Å². The molecule has 0 aromatic carbocycles. The first-order chi connectivity index (χ1) is 7.69. The molecule has 0 spiro atoms. The summed E-state index contributed by atoms with van der Waals surface area (Å²) in [5.41, 5.74) is 6.70.